The van der Waals surface area contributed by atoms with Crippen molar-refractivity contribution >= 4 is 5.97 Å². The first-order valence-corrected chi connectivity index (χ1v) is 6.26. The van der Waals surface area contributed by atoms with Gasteiger partial charge >= 0.3 is 18.3 Å². The highest BCUT2D eigenvalue weighted by atomic mass is 19.4. The Hall–Kier alpha value is -2.06. The molecule has 128 valence electrons. The maximum Gasteiger partial charge on any atom is 0.416 e. The fourth-order valence-electron chi connectivity index (χ4n) is 1.89. The molecule has 9 heteroatoms. The highest BCUT2D eigenvalue weighted by molar-refractivity contribution is 5.84. The predicted molar refractivity (Wildman–Crippen MR) is 66.3 cm³/mol. The number of rotatable bonds is 4. The van der Waals surface area contributed by atoms with E-state index in [1.54, 1.807) is 0 Å². The highest BCUT2D eigenvalue weighted by Gasteiger charge is 2.37. The monoisotopic (exact) mass is 344 g/mol. The van der Waals surface area contributed by atoms with Gasteiger partial charge in [-0.25, -0.2) is 4.79 Å². The molecular weight excluding hydrogens is 333 g/mol. The molecule has 0 aliphatic heterocycles. The Bertz CT molecular complexity index is 582. The van der Waals surface area contributed by atoms with Crippen LogP contribution in [0.3, 0.4) is 0 Å². The molecule has 0 fully saturated rings. The van der Waals surface area contributed by atoms with Crippen molar-refractivity contribution in [2.75, 3.05) is 0 Å². The van der Waals surface area contributed by atoms with Gasteiger partial charge in [-0.2, -0.15) is 30.7 Å². The Morgan fingerprint density at radius 3 is 1.83 bits per heavy atom. The average molecular weight is 344 g/mol. The van der Waals surface area contributed by atoms with Crippen LogP contribution in [0.1, 0.15) is 36.0 Å². The summed E-state index contributed by atoms with van der Waals surface area (Å²) in [7, 11) is 0. The van der Waals surface area contributed by atoms with Gasteiger partial charge in [0.05, 0.1) is 11.1 Å². The van der Waals surface area contributed by atoms with Crippen molar-refractivity contribution in [3.05, 3.63) is 46.8 Å². The van der Waals surface area contributed by atoms with Gasteiger partial charge in [0.2, 0.25) is 5.83 Å². The Morgan fingerprint density at radius 2 is 1.52 bits per heavy atom. The smallest absolute Gasteiger partial charge is 0.416 e. The number of allylic oxidation sites excluding steroid dienone is 1. The molecule has 0 aliphatic carbocycles. The number of benzene rings is 1. The highest BCUT2D eigenvalue weighted by Crippen LogP contribution is 2.38. The lowest BCUT2D eigenvalue weighted by Gasteiger charge is -2.17. The molecule has 23 heavy (non-hydrogen) atoms. The molecule has 1 atom stereocenters. The van der Waals surface area contributed by atoms with Gasteiger partial charge in [0.1, 0.15) is 0 Å². The molecule has 0 saturated heterocycles. The van der Waals surface area contributed by atoms with E-state index in [1.807, 2.05) is 0 Å². The molecule has 0 radical (unpaired) electrons. The summed E-state index contributed by atoms with van der Waals surface area (Å²) in [6.07, 6.45) is -9.65. The van der Waals surface area contributed by atoms with Crippen LogP contribution in [0.25, 0.3) is 0 Å². The van der Waals surface area contributed by atoms with E-state index in [4.69, 9.17) is 5.11 Å². The number of carboxylic acids is 1. The lowest BCUT2D eigenvalue weighted by molar-refractivity contribution is -0.143. The van der Waals surface area contributed by atoms with Gasteiger partial charge in [0.15, 0.2) is 0 Å². The molecule has 1 N–H and O–H groups in total. The molecule has 1 aromatic carbocycles. The van der Waals surface area contributed by atoms with Crippen molar-refractivity contribution in [3.8, 4) is 0 Å². The van der Waals surface area contributed by atoms with Crippen LogP contribution in [-0.4, -0.2) is 11.1 Å². The molecule has 0 saturated carbocycles. The van der Waals surface area contributed by atoms with Crippen LogP contribution in [0.5, 0.6) is 0 Å². The van der Waals surface area contributed by atoms with Crippen LogP contribution in [0, 0.1) is 0 Å². The number of aliphatic carboxylic acids is 1. The molecule has 1 rings (SSSR count). The molecule has 1 unspecified atom stereocenters. The number of carboxylic acid groups (broad SMARTS) is 1. The standard InChI is InChI=1S/C14H11F7O2/c1-2-7(5-11(15)12(22)23)8-3-9(13(16,17)18)6-10(4-8)14(19,20)21/h3-7H,2H2,1H3,(H,22,23). The summed E-state index contributed by atoms with van der Waals surface area (Å²) in [4.78, 5) is 10.4. The minimum absolute atomic E-state index is 0.0481. The summed E-state index contributed by atoms with van der Waals surface area (Å²) in [6, 6.07) is 0.859. The zero-order chi connectivity index (χ0) is 18.0. The van der Waals surface area contributed by atoms with Crippen LogP contribution < -0.4 is 0 Å². The fraction of sp³-hybridized carbons (Fsp3) is 0.357. The minimum Gasteiger partial charge on any atom is -0.476 e. The minimum atomic E-state index is -5.02. The average Bonchev–Trinajstić information content (AvgIpc) is 2.41. The fourth-order valence-corrected chi connectivity index (χ4v) is 1.89. The third-order valence-electron chi connectivity index (χ3n) is 3.03. The summed E-state index contributed by atoms with van der Waals surface area (Å²) in [5.74, 6) is -4.84. The van der Waals surface area contributed by atoms with Gasteiger partial charge in [-0.1, -0.05) is 6.92 Å². The van der Waals surface area contributed by atoms with Crippen molar-refractivity contribution < 1.29 is 40.6 Å². The Kier molecular flexibility index (Phi) is 5.44. The maximum absolute atomic E-state index is 13.1. The second kappa shape index (κ2) is 6.59. The van der Waals surface area contributed by atoms with Crippen LogP contribution >= 0.6 is 0 Å². The maximum atomic E-state index is 13.1. The van der Waals surface area contributed by atoms with E-state index in [0.717, 1.165) is 0 Å². The third-order valence-corrected chi connectivity index (χ3v) is 3.03. The molecule has 1 aromatic rings. The van der Waals surface area contributed by atoms with Gasteiger partial charge in [-0.3, -0.25) is 0 Å². The largest absolute Gasteiger partial charge is 0.476 e. The molecule has 2 nitrogen and oxygen atoms in total. The Balaban J connectivity index is 3.50. The van der Waals surface area contributed by atoms with Crippen molar-refractivity contribution in [1.29, 1.82) is 0 Å². The van der Waals surface area contributed by atoms with Gasteiger partial charge < -0.3 is 5.11 Å². The first kappa shape index (κ1) is 19.0. The second-order valence-electron chi connectivity index (χ2n) is 4.67. The van der Waals surface area contributed by atoms with E-state index < -0.39 is 46.8 Å². The quantitative estimate of drug-likeness (QED) is 0.605. The van der Waals surface area contributed by atoms with E-state index in [2.05, 4.69) is 0 Å². The zero-order valence-electron chi connectivity index (χ0n) is 11.6. The van der Waals surface area contributed by atoms with Gasteiger partial charge in [0, 0.05) is 5.92 Å². The van der Waals surface area contributed by atoms with Crippen LogP contribution in [-0.2, 0) is 17.1 Å². The van der Waals surface area contributed by atoms with Crippen molar-refractivity contribution in [3.63, 3.8) is 0 Å². The van der Waals surface area contributed by atoms with Crippen molar-refractivity contribution in [1.82, 2.24) is 0 Å². The van der Waals surface area contributed by atoms with Gasteiger partial charge in [-0.05, 0) is 36.3 Å². The number of hydrogen-bond acceptors (Lipinski definition) is 1. The van der Waals surface area contributed by atoms with Crippen LogP contribution in [0.2, 0.25) is 0 Å². The molecule has 0 spiro atoms. The molecular formula is C14H11F7O2. The topological polar surface area (TPSA) is 37.3 Å². The number of carbonyl (C=O) groups is 1. The van der Waals surface area contributed by atoms with Gasteiger partial charge in [0.25, 0.3) is 0 Å². The molecule has 0 heterocycles. The summed E-state index contributed by atoms with van der Waals surface area (Å²) in [5.41, 5.74) is -3.54. The summed E-state index contributed by atoms with van der Waals surface area (Å²) in [6.45, 7) is 1.38. The molecule has 0 aliphatic rings. The normalized spacial score (nSPS) is 14.7. The van der Waals surface area contributed by atoms with Crippen molar-refractivity contribution in [2.45, 2.75) is 31.6 Å². The van der Waals surface area contributed by atoms with Gasteiger partial charge in [-0.15, -0.1) is 0 Å². The van der Waals surface area contributed by atoms with E-state index in [0.29, 0.717) is 18.2 Å². The number of halogens is 7. The number of alkyl halides is 6. The van der Waals surface area contributed by atoms with E-state index in [9.17, 15) is 35.5 Å². The Morgan fingerprint density at radius 1 is 1.09 bits per heavy atom. The molecule has 0 bridgehead atoms. The van der Waals surface area contributed by atoms with Crippen LogP contribution in [0.4, 0.5) is 30.7 Å². The molecule has 0 aromatic heterocycles. The second-order valence-corrected chi connectivity index (χ2v) is 4.67. The van der Waals surface area contributed by atoms with E-state index >= 15 is 0 Å². The van der Waals surface area contributed by atoms with Crippen LogP contribution in [0.15, 0.2) is 30.1 Å². The van der Waals surface area contributed by atoms with E-state index in [-0.39, 0.29) is 12.5 Å². The first-order valence-electron chi connectivity index (χ1n) is 6.26. The van der Waals surface area contributed by atoms with Crippen molar-refractivity contribution in [2.24, 2.45) is 0 Å². The predicted octanol–water partition coefficient (Wildman–Crippen LogP) is 5.16. The summed E-state index contributed by atoms with van der Waals surface area (Å²) >= 11 is 0. The SMILES string of the molecule is CCC(C=C(F)C(=O)O)c1cc(C(F)(F)F)cc(C(F)(F)F)c1. The summed E-state index contributed by atoms with van der Waals surface area (Å²) in [5, 5.41) is 8.44. The molecule has 0 amide bonds. The lowest BCUT2D eigenvalue weighted by Crippen LogP contribution is -2.13. The first-order chi connectivity index (χ1) is 10.4. The zero-order valence-corrected chi connectivity index (χ0v) is 11.6. The summed E-state index contributed by atoms with van der Waals surface area (Å²) < 4.78 is 89.6. The number of hydrogen-bond donors (Lipinski definition) is 1. The third kappa shape index (κ3) is 4.97. The Labute approximate surface area is 126 Å². The lowest BCUT2D eigenvalue weighted by atomic mass is 9.92. The van der Waals surface area contributed by atoms with E-state index in [1.165, 1.54) is 6.92 Å².